The van der Waals surface area contributed by atoms with Crippen molar-refractivity contribution in [3.63, 3.8) is 0 Å². The van der Waals surface area contributed by atoms with Crippen molar-refractivity contribution in [2.45, 2.75) is 31.2 Å². The third-order valence-electron chi connectivity index (χ3n) is 1.44. The molecule has 1 atom stereocenters. The lowest BCUT2D eigenvalue weighted by Gasteiger charge is -2.24. The second kappa shape index (κ2) is 6.18. The number of hydrogen-bond donors (Lipinski definition) is 3. The lowest BCUT2D eigenvalue weighted by molar-refractivity contribution is -0.347. The zero-order chi connectivity index (χ0) is 15.4. The molecule has 0 aromatic rings. The van der Waals surface area contributed by atoms with Crippen molar-refractivity contribution in [3.8, 4) is 0 Å². The van der Waals surface area contributed by atoms with Gasteiger partial charge in [-0.1, -0.05) is 0 Å². The molecular weight excluding hydrogens is 279 g/mol. The van der Waals surface area contributed by atoms with E-state index in [2.05, 4.69) is 5.32 Å². The quantitative estimate of drug-likeness (QED) is 0.543. The Bertz CT molecular complexity index is 277. The fraction of sp³-hybridized carbons (Fsp3) is 0.857. The van der Waals surface area contributed by atoms with Gasteiger partial charge in [0.05, 0.1) is 0 Å². The van der Waals surface area contributed by atoms with Crippen LogP contribution >= 0.6 is 0 Å². The second-order valence-electron chi connectivity index (χ2n) is 2.92. The van der Waals surface area contributed by atoms with Crippen LogP contribution in [0.15, 0.2) is 0 Å². The van der Waals surface area contributed by atoms with Crippen LogP contribution in [-0.2, 0) is 4.79 Å². The largest absolute Gasteiger partial charge is 0.477 e. The summed E-state index contributed by atoms with van der Waals surface area (Å²) < 4.78 is 80.5. The van der Waals surface area contributed by atoms with Crippen molar-refractivity contribution >= 4 is 5.97 Å². The van der Waals surface area contributed by atoms with E-state index in [1.165, 1.54) is 0 Å². The zero-order valence-electron chi connectivity index (χ0n) is 9.03. The van der Waals surface area contributed by atoms with Crippen LogP contribution in [0.5, 0.6) is 0 Å². The van der Waals surface area contributed by atoms with E-state index in [0.29, 0.717) is 0 Å². The van der Waals surface area contributed by atoms with Gasteiger partial charge < -0.3 is 10.2 Å². The summed E-state index contributed by atoms with van der Waals surface area (Å²) in [4.78, 5) is 9.38. The van der Waals surface area contributed by atoms with Crippen LogP contribution in [-0.4, -0.2) is 47.5 Å². The molecule has 3 N–H and O–H groups in total. The Kier molecular flexibility index (Phi) is 6.61. The minimum Gasteiger partial charge on any atom is -0.477 e. The van der Waals surface area contributed by atoms with Crippen LogP contribution < -0.4 is 5.32 Å². The lowest BCUT2D eigenvalue weighted by atomic mass is 10.1. The number of aliphatic hydroxyl groups is 1. The van der Waals surface area contributed by atoms with Gasteiger partial charge >= 0.3 is 24.0 Å². The molecule has 0 saturated heterocycles. The molecule has 18 heavy (non-hydrogen) atoms. The Balaban J connectivity index is 0. The number of carboxylic acid groups (broad SMARTS) is 1. The van der Waals surface area contributed by atoms with Gasteiger partial charge in [0, 0.05) is 0 Å². The fourth-order valence-corrected chi connectivity index (χ4v) is 0.312. The maximum Gasteiger partial charge on any atom is 0.460 e. The highest BCUT2D eigenvalue weighted by Gasteiger charge is 2.76. The summed E-state index contributed by atoms with van der Waals surface area (Å²) in [7, 11) is 1.70. The van der Waals surface area contributed by atoms with Crippen LogP contribution in [0.4, 0.5) is 30.7 Å². The normalized spacial score (nSPS) is 14.6. The van der Waals surface area contributed by atoms with Gasteiger partial charge in [-0.05, 0) is 14.0 Å². The predicted molar refractivity (Wildman–Crippen MR) is 44.3 cm³/mol. The summed E-state index contributed by atoms with van der Waals surface area (Å²) in [5, 5.41) is 18.2. The van der Waals surface area contributed by atoms with E-state index in [1.807, 2.05) is 0 Å². The summed E-state index contributed by atoms with van der Waals surface area (Å²) in [6, 6.07) is 0. The average Bonchev–Trinajstić information content (AvgIpc) is 2.16. The molecule has 0 spiro atoms. The minimum absolute atomic E-state index is 0.366. The van der Waals surface area contributed by atoms with Crippen LogP contribution in [0, 0.1) is 0 Å². The monoisotopic (exact) mass is 289 g/mol. The third-order valence-corrected chi connectivity index (χ3v) is 1.44. The van der Waals surface area contributed by atoms with Gasteiger partial charge in [-0.15, -0.1) is 0 Å². The first-order chi connectivity index (χ1) is 7.71. The molecule has 4 nitrogen and oxygen atoms in total. The van der Waals surface area contributed by atoms with Gasteiger partial charge in [-0.3, -0.25) is 5.32 Å². The molecule has 0 fully saturated rings. The summed E-state index contributed by atoms with van der Waals surface area (Å²) in [6.07, 6.45) is -6.97. The second-order valence-corrected chi connectivity index (χ2v) is 2.92. The van der Waals surface area contributed by atoms with Crippen LogP contribution in [0.2, 0.25) is 0 Å². The molecule has 0 saturated carbocycles. The van der Waals surface area contributed by atoms with Crippen LogP contribution in [0.1, 0.15) is 6.92 Å². The number of aliphatic hydroxyl groups excluding tert-OH is 1. The molecule has 11 heteroatoms. The topological polar surface area (TPSA) is 69.6 Å². The number of alkyl halides is 7. The van der Waals surface area contributed by atoms with E-state index >= 15 is 0 Å². The first-order valence-electron chi connectivity index (χ1n) is 4.12. The Morgan fingerprint density at radius 2 is 1.39 bits per heavy atom. The molecule has 0 rings (SSSR count). The Labute approximate surface area is 96.4 Å². The first kappa shape index (κ1) is 19.2. The van der Waals surface area contributed by atoms with E-state index in [9.17, 15) is 35.5 Å². The summed E-state index contributed by atoms with van der Waals surface area (Å²) >= 11 is 0. The zero-order valence-corrected chi connectivity index (χ0v) is 9.03. The number of aliphatic carboxylic acids is 1. The van der Waals surface area contributed by atoms with Crippen molar-refractivity contribution in [3.05, 3.63) is 0 Å². The molecular formula is C7H10F7NO3. The highest BCUT2D eigenvalue weighted by Crippen LogP contribution is 2.46. The lowest BCUT2D eigenvalue weighted by Crippen LogP contribution is -2.56. The number of halogens is 7. The van der Waals surface area contributed by atoms with E-state index in [4.69, 9.17) is 10.2 Å². The Morgan fingerprint density at radius 3 is 1.44 bits per heavy atom. The SMILES string of the molecule is CNC(C)O.O=C(O)C(F)(F)C(F)(F)C(F)(F)F. The highest BCUT2D eigenvalue weighted by atomic mass is 19.4. The Hall–Kier alpha value is -1.10. The van der Waals surface area contributed by atoms with Gasteiger partial charge in [-0.25, -0.2) is 4.79 Å². The van der Waals surface area contributed by atoms with Crippen LogP contribution in [0.3, 0.4) is 0 Å². The number of nitrogens with one attached hydrogen (secondary N) is 1. The van der Waals surface area contributed by atoms with Gasteiger partial charge in [0.25, 0.3) is 0 Å². The maximum atomic E-state index is 11.8. The minimum atomic E-state index is -6.60. The fourth-order valence-electron chi connectivity index (χ4n) is 0.312. The van der Waals surface area contributed by atoms with Crippen molar-refractivity contribution in [1.82, 2.24) is 5.32 Å². The smallest absolute Gasteiger partial charge is 0.460 e. The summed E-state index contributed by atoms with van der Waals surface area (Å²) in [5.41, 5.74) is 0. The van der Waals surface area contributed by atoms with Gasteiger partial charge in [0.15, 0.2) is 0 Å². The van der Waals surface area contributed by atoms with Gasteiger partial charge in [0.1, 0.15) is 6.23 Å². The standard InChI is InChI=1S/C4HF7O2.C3H9NO/c5-2(6,1(12)13)3(7,8)4(9,10)11;1-3(5)4-2/h(H,12,13);3-5H,1-2H3. The summed E-state index contributed by atoms with van der Waals surface area (Å²) in [6.45, 7) is 1.67. The third kappa shape index (κ3) is 4.64. The predicted octanol–water partition coefficient (Wildman–Crippen LogP) is 1.45. The molecule has 110 valence electrons. The average molecular weight is 289 g/mol. The number of hydrogen-bond acceptors (Lipinski definition) is 3. The molecule has 0 aromatic heterocycles. The van der Waals surface area contributed by atoms with E-state index in [1.54, 1.807) is 14.0 Å². The van der Waals surface area contributed by atoms with Crippen molar-refractivity contribution < 1.29 is 45.7 Å². The van der Waals surface area contributed by atoms with Crippen LogP contribution in [0.25, 0.3) is 0 Å². The van der Waals surface area contributed by atoms with E-state index < -0.39 is 24.0 Å². The molecule has 0 aliphatic carbocycles. The number of carboxylic acids is 1. The van der Waals surface area contributed by atoms with Crippen molar-refractivity contribution in [2.75, 3.05) is 7.05 Å². The van der Waals surface area contributed by atoms with Crippen molar-refractivity contribution in [1.29, 1.82) is 0 Å². The van der Waals surface area contributed by atoms with Crippen molar-refractivity contribution in [2.24, 2.45) is 0 Å². The molecule has 0 amide bonds. The number of rotatable bonds is 3. The Morgan fingerprint density at radius 1 is 1.11 bits per heavy atom. The van der Waals surface area contributed by atoms with Gasteiger partial charge in [0.2, 0.25) is 0 Å². The van der Waals surface area contributed by atoms with E-state index in [-0.39, 0.29) is 6.23 Å². The first-order valence-corrected chi connectivity index (χ1v) is 4.12. The highest BCUT2D eigenvalue weighted by molar-refractivity contribution is 5.76. The van der Waals surface area contributed by atoms with E-state index in [0.717, 1.165) is 0 Å². The molecule has 0 radical (unpaired) electrons. The molecule has 0 bridgehead atoms. The molecule has 0 heterocycles. The van der Waals surface area contributed by atoms with Gasteiger partial charge in [-0.2, -0.15) is 30.7 Å². The maximum absolute atomic E-state index is 11.8. The molecule has 1 unspecified atom stereocenters. The molecule has 0 aliphatic heterocycles. The molecule has 0 aromatic carbocycles. The summed E-state index contributed by atoms with van der Waals surface area (Å²) in [5.74, 6) is -16.3. The molecule has 0 aliphatic rings. The number of carbonyl (C=O) groups is 1.